The Kier molecular flexibility index (Phi) is 7.91. The molecule has 0 bridgehead atoms. The molecule has 2 aromatic carbocycles. The Labute approximate surface area is 201 Å². The maximum atomic E-state index is 12.8. The number of hydrogen-bond donors (Lipinski definition) is 2. The zero-order valence-electron chi connectivity index (χ0n) is 17.5. The van der Waals surface area contributed by atoms with Crippen molar-refractivity contribution in [1.82, 2.24) is 10.3 Å². The molecular weight excluding hydrogens is 487 g/mol. The first-order valence-corrected chi connectivity index (χ1v) is 12.2. The Morgan fingerprint density at radius 1 is 1.03 bits per heavy atom. The number of sulfonamides is 1. The molecular formula is C22H20Cl2N4O4S. The third-order valence-corrected chi connectivity index (χ3v) is 6.44. The van der Waals surface area contributed by atoms with Crippen LogP contribution in [-0.2, 0) is 21.4 Å². The fourth-order valence-corrected chi connectivity index (χ4v) is 4.27. The molecule has 0 spiro atoms. The van der Waals surface area contributed by atoms with Crippen LogP contribution in [0.25, 0.3) is 0 Å². The molecule has 11 heteroatoms. The van der Waals surface area contributed by atoms with E-state index in [0.717, 1.165) is 16.1 Å². The number of para-hydroxylation sites is 1. The van der Waals surface area contributed by atoms with E-state index >= 15 is 0 Å². The summed E-state index contributed by atoms with van der Waals surface area (Å²) in [7, 11) is -3.87. The minimum Gasteiger partial charge on any atom is -0.348 e. The summed E-state index contributed by atoms with van der Waals surface area (Å²) < 4.78 is 25.6. The maximum absolute atomic E-state index is 12.8. The average molecular weight is 507 g/mol. The molecule has 1 aromatic heterocycles. The molecule has 3 rings (SSSR count). The Balaban J connectivity index is 1.77. The van der Waals surface area contributed by atoms with Gasteiger partial charge in [0.05, 0.1) is 33.2 Å². The largest absolute Gasteiger partial charge is 0.348 e. The lowest BCUT2D eigenvalue weighted by atomic mass is 10.1. The number of anilines is 2. The van der Waals surface area contributed by atoms with E-state index in [9.17, 15) is 18.0 Å². The highest BCUT2D eigenvalue weighted by molar-refractivity contribution is 7.92. The molecule has 0 aliphatic carbocycles. The lowest BCUT2D eigenvalue weighted by molar-refractivity contribution is -0.114. The Morgan fingerprint density at radius 2 is 1.79 bits per heavy atom. The van der Waals surface area contributed by atoms with Crippen LogP contribution in [0.3, 0.4) is 0 Å². The van der Waals surface area contributed by atoms with Gasteiger partial charge in [0.2, 0.25) is 15.9 Å². The molecule has 0 aliphatic heterocycles. The second kappa shape index (κ2) is 10.7. The number of amides is 2. The quantitative estimate of drug-likeness (QED) is 0.483. The maximum Gasteiger partial charge on any atom is 0.253 e. The Bertz CT molecular complexity index is 1270. The summed E-state index contributed by atoms with van der Waals surface area (Å²) in [5.74, 6) is -1.07. The van der Waals surface area contributed by atoms with Crippen LogP contribution in [0.15, 0.2) is 67.0 Å². The first-order chi connectivity index (χ1) is 15.7. The number of carbonyl (C=O) groups is 2. The van der Waals surface area contributed by atoms with E-state index in [1.807, 2.05) is 6.07 Å². The predicted octanol–water partition coefficient (Wildman–Crippen LogP) is 3.72. The van der Waals surface area contributed by atoms with Gasteiger partial charge < -0.3 is 10.6 Å². The van der Waals surface area contributed by atoms with E-state index in [1.165, 1.54) is 18.2 Å². The lowest BCUT2D eigenvalue weighted by Gasteiger charge is -2.23. The summed E-state index contributed by atoms with van der Waals surface area (Å²) in [6.07, 6.45) is 4.22. The number of halogens is 2. The van der Waals surface area contributed by atoms with Gasteiger partial charge in [-0.1, -0.05) is 47.5 Å². The molecule has 3 aromatic rings. The standard InChI is InChI=1S/C22H20Cl2N4O4S/c1-33(31,32)28(19-10-4-8-17(23)21(19)24)14-20(29)27-18-9-3-2-7-16(18)22(30)26-13-15-6-5-11-25-12-15/h2-12H,13-14H2,1H3,(H,26,30)(H,27,29). The van der Waals surface area contributed by atoms with Crippen LogP contribution < -0.4 is 14.9 Å². The number of nitrogens with zero attached hydrogens (tertiary/aromatic N) is 2. The molecule has 0 saturated heterocycles. The van der Waals surface area contributed by atoms with Gasteiger partial charge in [-0.25, -0.2) is 8.42 Å². The van der Waals surface area contributed by atoms with E-state index < -0.39 is 28.4 Å². The SMILES string of the molecule is CS(=O)(=O)N(CC(=O)Nc1ccccc1C(=O)NCc1cccnc1)c1cccc(Cl)c1Cl. The van der Waals surface area contributed by atoms with Gasteiger partial charge in [-0.05, 0) is 35.9 Å². The third kappa shape index (κ3) is 6.44. The van der Waals surface area contributed by atoms with Crippen LogP contribution >= 0.6 is 23.2 Å². The molecule has 0 radical (unpaired) electrons. The third-order valence-electron chi connectivity index (χ3n) is 4.51. The minimum absolute atomic E-state index is 0.00701. The van der Waals surface area contributed by atoms with Crippen molar-refractivity contribution in [2.24, 2.45) is 0 Å². The van der Waals surface area contributed by atoms with Gasteiger partial charge in [0.15, 0.2) is 0 Å². The van der Waals surface area contributed by atoms with Crippen LogP contribution in [0.4, 0.5) is 11.4 Å². The Hall–Kier alpha value is -3.14. The van der Waals surface area contributed by atoms with Gasteiger partial charge in [0.25, 0.3) is 5.91 Å². The molecule has 1 heterocycles. The number of pyridine rings is 1. The number of hydrogen-bond acceptors (Lipinski definition) is 5. The number of benzene rings is 2. The molecule has 8 nitrogen and oxygen atoms in total. The molecule has 2 N–H and O–H groups in total. The summed E-state index contributed by atoms with van der Waals surface area (Å²) in [5, 5.41) is 5.53. The van der Waals surface area contributed by atoms with Crippen LogP contribution in [0.1, 0.15) is 15.9 Å². The highest BCUT2D eigenvalue weighted by atomic mass is 35.5. The molecule has 0 saturated carbocycles. The van der Waals surface area contributed by atoms with Crippen molar-refractivity contribution < 1.29 is 18.0 Å². The van der Waals surface area contributed by atoms with Crippen molar-refractivity contribution in [3.63, 3.8) is 0 Å². The molecule has 172 valence electrons. The monoisotopic (exact) mass is 506 g/mol. The first-order valence-electron chi connectivity index (χ1n) is 9.64. The number of nitrogens with one attached hydrogen (secondary N) is 2. The van der Waals surface area contributed by atoms with Gasteiger partial charge in [0, 0.05) is 18.9 Å². The van der Waals surface area contributed by atoms with Gasteiger partial charge >= 0.3 is 0 Å². The highest BCUT2D eigenvalue weighted by Gasteiger charge is 2.24. The molecule has 2 amide bonds. The van der Waals surface area contributed by atoms with Crippen molar-refractivity contribution in [2.75, 3.05) is 22.4 Å². The molecule has 0 fully saturated rings. The van der Waals surface area contributed by atoms with Crippen molar-refractivity contribution in [3.8, 4) is 0 Å². The number of carbonyl (C=O) groups excluding carboxylic acids is 2. The number of aromatic nitrogens is 1. The normalized spacial score (nSPS) is 11.0. The summed E-state index contributed by atoms with van der Waals surface area (Å²) in [5.41, 5.74) is 1.34. The zero-order chi connectivity index (χ0) is 24.0. The van der Waals surface area contributed by atoms with Crippen LogP contribution in [0.5, 0.6) is 0 Å². The summed E-state index contributed by atoms with van der Waals surface area (Å²) in [6.45, 7) is -0.311. The van der Waals surface area contributed by atoms with E-state index in [-0.39, 0.29) is 33.5 Å². The zero-order valence-corrected chi connectivity index (χ0v) is 19.8. The fraction of sp³-hybridized carbons (Fsp3) is 0.136. The number of rotatable bonds is 8. The molecule has 0 unspecified atom stereocenters. The second-order valence-corrected chi connectivity index (χ2v) is 9.67. The van der Waals surface area contributed by atoms with E-state index in [2.05, 4.69) is 15.6 Å². The van der Waals surface area contributed by atoms with Gasteiger partial charge in [-0.2, -0.15) is 0 Å². The van der Waals surface area contributed by atoms with Crippen molar-refractivity contribution in [1.29, 1.82) is 0 Å². The van der Waals surface area contributed by atoms with Gasteiger partial charge in [-0.15, -0.1) is 0 Å². The summed E-state index contributed by atoms with van der Waals surface area (Å²) >= 11 is 12.2. The summed E-state index contributed by atoms with van der Waals surface area (Å²) in [6, 6.07) is 14.5. The van der Waals surface area contributed by atoms with Gasteiger partial charge in [-0.3, -0.25) is 18.9 Å². The smallest absolute Gasteiger partial charge is 0.253 e. The highest BCUT2D eigenvalue weighted by Crippen LogP contribution is 2.33. The molecule has 0 atom stereocenters. The molecule has 33 heavy (non-hydrogen) atoms. The van der Waals surface area contributed by atoms with Crippen LogP contribution in [-0.4, -0.2) is 38.0 Å². The first kappa shape index (κ1) is 24.5. The Morgan fingerprint density at radius 3 is 2.48 bits per heavy atom. The van der Waals surface area contributed by atoms with Gasteiger partial charge in [0.1, 0.15) is 6.54 Å². The second-order valence-electron chi connectivity index (χ2n) is 6.98. The van der Waals surface area contributed by atoms with E-state index in [0.29, 0.717) is 0 Å². The fourth-order valence-electron chi connectivity index (χ4n) is 2.96. The van der Waals surface area contributed by atoms with Crippen LogP contribution in [0.2, 0.25) is 10.0 Å². The topological polar surface area (TPSA) is 108 Å². The summed E-state index contributed by atoms with van der Waals surface area (Å²) in [4.78, 5) is 29.4. The van der Waals surface area contributed by atoms with Crippen molar-refractivity contribution >= 4 is 56.4 Å². The van der Waals surface area contributed by atoms with Crippen molar-refractivity contribution in [3.05, 3.63) is 88.2 Å². The predicted molar refractivity (Wildman–Crippen MR) is 129 cm³/mol. The van der Waals surface area contributed by atoms with E-state index in [4.69, 9.17) is 23.2 Å². The van der Waals surface area contributed by atoms with Crippen LogP contribution in [0, 0.1) is 0 Å². The van der Waals surface area contributed by atoms with E-state index in [1.54, 1.807) is 42.7 Å². The molecule has 0 aliphatic rings. The van der Waals surface area contributed by atoms with Crippen molar-refractivity contribution in [2.45, 2.75) is 6.54 Å². The average Bonchev–Trinajstić information content (AvgIpc) is 2.78. The minimum atomic E-state index is -3.87. The lowest BCUT2D eigenvalue weighted by Crippen LogP contribution is -2.38.